The van der Waals surface area contributed by atoms with E-state index in [1.165, 1.54) is 11.3 Å². The first-order valence-electron chi connectivity index (χ1n) is 6.79. The van der Waals surface area contributed by atoms with Gasteiger partial charge in [-0.2, -0.15) is 0 Å². The first-order chi connectivity index (χ1) is 10.0. The molecule has 0 saturated carbocycles. The minimum Gasteiger partial charge on any atom is -0.382 e. The highest BCUT2D eigenvalue weighted by molar-refractivity contribution is 7.18. The Kier molecular flexibility index (Phi) is 4.80. The van der Waals surface area contributed by atoms with Crippen molar-refractivity contribution in [2.75, 3.05) is 31.3 Å². The van der Waals surface area contributed by atoms with Gasteiger partial charge in [-0.05, 0) is 12.5 Å². The average Bonchev–Trinajstić information content (AvgIpc) is 2.88. The molecule has 1 amide bonds. The second-order valence-electron chi connectivity index (χ2n) is 4.87. The normalized spacial score (nSPS) is 10.4. The third-order valence-electron chi connectivity index (χ3n) is 3.25. The molecule has 0 aliphatic carbocycles. The van der Waals surface area contributed by atoms with Crippen LogP contribution in [0.15, 0.2) is 30.3 Å². The van der Waals surface area contributed by atoms with E-state index in [0.29, 0.717) is 17.2 Å². The molecule has 1 heterocycles. The molecular weight excluding hydrogens is 284 g/mol. The van der Waals surface area contributed by atoms with Crippen molar-refractivity contribution in [3.63, 3.8) is 0 Å². The fraction of sp³-hybridized carbons (Fsp3) is 0.333. The summed E-state index contributed by atoms with van der Waals surface area (Å²) in [6.45, 7) is 3.40. The lowest BCUT2D eigenvalue weighted by Gasteiger charge is -2.16. The second kappa shape index (κ2) is 6.58. The van der Waals surface area contributed by atoms with Gasteiger partial charge in [0.15, 0.2) is 5.13 Å². The van der Waals surface area contributed by atoms with Crippen LogP contribution in [0.5, 0.6) is 0 Å². The van der Waals surface area contributed by atoms with Crippen molar-refractivity contribution < 1.29 is 4.79 Å². The summed E-state index contributed by atoms with van der Waals surface area (Å²) in [5.41, 5.74) is 6.98. The third-order valence-corrected chi connectivity index (χ3v) is 4.42. The van der Waals surface area contributed by atoms with E-state index in [1.807, 2.05) is 49.2 Å². The number of nitrogen functional groups attached to an aromatic ring is 1. The highest BCUT2D eigenvalue weighted by Gasteiger charge is 2.20. The zero-order valence-corrected chi connectivity index (χ0v) is 13.4. The lowest BCUT2D eigenvalue weighted by atomic mass is 10.2. The number of amides is 1. The van der Waals surface area contributed by atoms with E-state index in [0.717, 1.165) is 17.2 Å². The lowest BCUT2D eigenvalue weighted by Crippen LogP contribution is -2.26. The van der Waals surface area contributed by atoms with Gasteiger partial charge < -0.3 is 15.5 Å². The first-order valence-corrected chi connectivity index (χ1v) is 7.61. The summed E-state index contributed by atoms with van der Waals surface area (Å²) < 4.78 is 0. The number of thiazole rings is 1. The molecule has 0 spiro atoms. The van der Waals surface area contributed by atoms with E-state index < -0.39 is 0 Å². The molecule has 6 heteroatoms. The smallest absolute Gasteiger partial charge is 0.267 e. The van der Waals surface area contributed by atoms with Crippen LogP contribution in [0.25, 0.3) is 0 Å². The maximum absolute atomic E-state index is 12.5. The van der Waals surface area contributed by atoms with Gasteiger partial charge in [0.05, 0.1) is 0 Å². The van der Waals surface area contributed by atoms with Crippen LogP contribution in [0.3, 0.4) is 0 Å². The number of carbonyl (C=O) groups is 1. The van der Waals surface area contributed by atoms with E-state index in [1.54, 1.807) is 11.9 Å². The topological polar surface area (TPSA) is 62.5 Å². The highest BCUT2D eigenvalue weighted by atomic mass is 32.1. The minimum atomic E-state index is -0.0930. The number of hydrogen-bond acceptors (Lipinski definition) is 5. The molecule has 0 aliphatic rings. The van der Waals surface area contributed by atoms with Crippen molar-refractivity contribution in [1.29, 1.82) is 0 Å². The summed E-state index contributed by atoms with van der Waals surface area (Å²) in [5.74, 6) is 0.213. The molecule has 0 bridgehead atoms. The maximum atomic E-state index is 12.5. The molecule has 2 aromatic rings. The number of nitrogens with zero attached hydrogens (tertiary/aromatic N) is 3. The van der Waals surface area contributed by atoms with Crippen LogP contribution in [0.1, 0.15) is 22.2 Å². The Hall–Kier alpha value is -2.08. The Labute approximate surface area is 129 Å². The number of aromatic nitrogens is 1. The molecule has 1 aromatic carbocycles. The minimum absolute atomic E-state index is 0.0930. The van der Waals surface area contributed by atoms with Crippen LogP contribution in [0, 0.1) is 0 Å². The van der Waals surface area contributed by atoms with Gasteiger partial charge in [-0.25, -0.2) is 4.98 Å². The van der Waals surface area contributed by atoms with Gasteiger partial charge in [-0.1, -0.05) is 41.7 Å². The Morgan fingerprint density at radius 2 is 1.95 bits per heavy atom. The quantitative estimate of drug-likeness (QED) is 0.921. The maximum Gasteiger partial charge on any atom is 0.267 e. The molecule has 0 radical (unpaired) electrons. The molecular formula is C15H20N4OS. The molecule has 2 N–H and O–H groups in total. The fourth-order valence-corrected chi connectivity index (χ4v) is 2.88. The van der Waals surface area contributed by atoms with Crippen molar-refractivity contribution in [3.8, 4) is 0 Å². The van der Waals surface area contributed by atoms with Gasteiger partial charge in [0.1, 0.15) is 10.7 Å². The van der Waals surface area contributed by atoms with Crippen molar-refractivity contribution >= 4 is 28.2 Å². The van der Waals surface area contributed by atoms with Crippen molar-refractivity contribution in [3.05, 3.63) is 40.8 Å². The Balaban J connectivity index is 2.14. The molecule has 0 fully saturated rings. The summed E-state index contributed by atoms with van der Waals surface area (Å²) in [7, 11) is 3.71. The summed E-state index contributed by atoms with van der Waals surface area (Å²) in [6, 6.07) is 9.87. The van der Waals surface area contributed by atoms with Crippen LogP contribution < -0.4 is 10.6 Å². The number of carbonyl (C=O) groups excluding carboxylic acids is 1. The van der Waals surface area contributed by atoms with E-state index >= 15 is 0 Å². The Morgan fingerprint density at radius 3 is 2.57 bits per heavy atom. The average molecular weight is 304 g/mol. The largest absolute Gasteiger partial charge is 0.382 e. The molecule has 0 aliphatic heterocycles. The predicted molar refractivity (Wildman–Crippen MR) is 87.7 cm³/mol. The van der Waals surface area contributed by atoms with Crippen LogP contribution in [-0.2, 0) is 6.54 Å². The molecule has 0 unspecified atom stereocenters. The van der Waals surface area contributed by atoms with E-state index in [2.05, 4.69) is 4.98 Å². The van der Waals surface area contributed by atoms with Gasteiger partial charge in [-0.15, -0.1) is 0 Å². The second-order valence-corrected chi connectivity index (χ2v) is 5.85. The zero-order valence-electron chi connectivity index (χ0n) is 12.5. The Bertz CT molecular complexity index is 611. The van der Waals surface area contributed by atoms with Crippen LogP contribution in [0.2, 0.25) is 0 Å². The molecule has 112 valence electrons. The van der Waals surface area contributed by atoms with Gasteiger partial charge in [-0.3, -0.25) is 4.79 Å². The number of benzene rings is 1. The number of rotatable bonds is 5. The van der Waals surface area contributed by atoms with Crippen molar-refractivity contribution in [1.82, 2.24) is 9.88 Å². The lowest BCUT2D eigenvalue weighted by molar-refractivity contribution is 0.0790. The molecule has 0 atom stereocenters. The van der Waals surface area contributed by atoms with Crippen molar-refractivity contribution in [2.45, 2.75) is 13.5 Å². The molecule has 21 heavy (non-hydrogen) atoms. The van der Waals surface area contributed by atoms with Gasteiger partial charge in [0.2, 0.25) is 0 Å². The van der Waals surface area contributed by atoms with E-state index in [9.17, 15) is 4.79 Å². The summed E-state index contributed by atoms with van der Waals surface area (Å²) >= 11 is 1.34. The van der Waals surface area contributed by atoms with Crippen LogP contribution in [0.4, 0.5) is 10.9 Å². The van der Waals surface area contributed by atoms with Gasteiger partial charge in [0, 0.05) is 27.2 Å². The molecule has 2 rings (SSSR count). The van der Waals surface area contributed by atoms with Crippen LogP contribution >= 0.6 is 11.3 Å². The predicted octanol–water partition coefficient (Wildman–Crippen LogP) is 2.45. The number of nitrogens with two attached hydrogens (primary N) is 1. The molecule has 5 nitrogen and oxygen atoms in total. The monoisotopic (exact) mass is 304 g/mol. The van der Waals surface area contributed by atoms with Gasteiger partial charge in [0.25, 0.3) is 5.91 Å². The highest BCUT2D eigenvalue weighted by Crippen LogP contribution is 2.28. The standard InChI is InChI=1S/C15H20N4OS/c1-4-18(2)15-17-13(16)12(21-15)14(20)19(3)10-11-8-6-5-7-9-11/h5-9H,4,10,16H2,1-3H3. The summed E-state index contributed by atoms with van der Waals surface area (Å²) in [6.07, 6.45) is 0. The SMILES string of the molecule is CCN(C)c1nc(N)c(C(=O)N(C)Cc2ccccc2)s1. The van der Waals surface area contributed by atoms with Crippen LogP contribution in [-0.4, -0.2) is 36.4 Å². The summed E-state index contributed by atoms with van der Waals surface area (Å²) in [4.78, 5) is 20.9. The van der Waals surface area contributed by atoms with Gasteiger partial charge >= 0.3 is 0 Å². The van der Waals surface area contributed by atoms with E-state index in [4.69, 9.17) is 5.73 Å². The fourth-order valence-electron chi connectivity index (χ4n) is 1.87. The molecule has 1 aromatic heterocycles. The first kappa shape index (κ1) is 15.3. The van der Waals surface area contributed by atoms with E-state index in [-0.39, 0.29) is 5.91 Å². The summed E-state index contributed by atoms with van der Waals surface area (Å²) in [5, 5.41) is 0.770. The van der Waals surface area contributed by atoms with Crippen molar-refractivity contribution in [2.24, 2.45) is 0 Å². The number of anilines is 2. The third kappa shape index (κ3) is 3.52. The number of hydrogen-bond donors (Lipinski definition) is 1. The molecule has 0 saturated heterocycles. The Morgan fingerprint density at radius 1 is 1.29 bits per heavy atom. The zero-order chi connectivity index (χ0) is 15.4.